The Bertz CT molecular complexity index is 537. The summed E-state index contributed by atoms with van der Waals surface area (Å²) in [6.07, 6.45) is 3.10. The summed E-state index contributed by atoms with van der Waals surface area (Å²) in [4.78, 5) is 12.0. The maximum absolute atomic E-state index is 12.0. The summed E-state index contributed by atoms with van der Waals surface area (Å²) < 4.78 is 6.63. The number of Topliss-reactive ketones (excluding diaryl/α,β-unsaturated/α-hetero) is 1. The summed E-state index contributed by atoms with van der Waals surface area (Å²) in [7, 11) is 1.54. The predicted octanol–water partition coefficient (Wildman–Crippen LogP) is 2.43. The number of ketones is 1. The highest BCUT2D eigenvalue weighted by molar-refractivity contribution is 6.30. The number of hydrogen-bond acceptors (Lipinski definition) is 3. The van der Waals surface area contributed by atoms with Crippen molar-refractivity contribution in [1.29, 1.82) is 0 Å². The summed E-state index contributed by atoms with van der Waals surface area (Å²) in [6, 6.07) is 7.10. The summed E-state index contributed by atoms with van der Waals surface area (Å²) >= 11 is 5.73. The number of carbonyl (C=O) groups is 1. The molecule has 0 N–H and O–H groups in total. The van der Waals surface area contributed by atoms with Crippen molar-refractivity contribution in [2.75, 3.05) is 7.11 Å². The first-order valence-electron chi connectivity index (χ1n) is 5.05. The van der Waals surface area contributed by atoms with Crippen LogP contribution in [-0.2, 0) is 6.54 Å². The highest BCUT2D eigenvalue weighted by Gasteiger charge is 2.12. The van der Waals surface area contributed by atoms with Gasteiger partial charge in [0, 0.05) is 6.20 Å². The minimum atomic E-state index is -0.0674. The molecule has 1 aromatic heterocycles. The van der Waals surface area contributed by atoms with Crippen LogP contribution < -0.4 is 4.74 Å². The van der Waals surface area contributed by atoms with Crippen LogP contribution in [0.25, 0.3) is 0 Å². The molecule has 0 aliphatic heterocycles. The Hall–Kier alpha value is -1.81. The van der Waals surface area contributed by atoms with E-state index in [-0.39, 0.29) is 12.3 Å². The molecule has 5 heteroatoms. The number of rotatable bonds is 4. The van der Waals surface area contributed by atoms with Crippen LogP contribution in [0.1, 0.15) is 10.4 Å². The zero-order valence-electron chi connectivity index (χ0n) is 9.26. The Morgan fingerprint density at radius 1 is 1.47 bits per heavy atom. The molecule has 1 aromatic carbocycles. The Morgan fingerprint density at radius 3 is 2.88 bits per heavy atom. The topological polar surface area (TPSA) is 44.1 Å². The molecule has 0 saturated carbocycles. The number of aromatic nitrogens is 2. The van der Waals surface area contributed by atoms with Crippen molar-refractivity contribution in [3.8, 4) is 5.75 Å². The molecule has 0 spiro atoms. The lowest BCUT2D eigenvalue weighted by Gasteiger charge is -2.06. The molecule has 0 aliphatic rings. The Kier molecular flexibility index (Phi) is 3.44. The zero-order valence-corrected chi connectivity index (χ0v) is 10.0. The fourth-order valence-electron chi connectivity index (χ4n) is 1.53. The van der Waals surface area contributed by atoms with E-state index in [2.05, 4.69) is 5.10 Å². The van der Waals surface area contributed by atoms with Crippen molar-refractivity contribution >= 4 is 17.4 Å². The second-order valence-corrected chi connectivity index (χ2v) is 3.92. The maximum Gasteiger partial charge on any atom is 0.187 e. The molecule has 17 heavy (non-hydrogen) atoms. The van der Waals surface area contributed by atoms with Crippen LogP contribution >= 0.6 is 11.6 Å². The van der Waals surface area contributed by atoms with Crippen molar-refractivity contribution in [1.82, 2.24) is 9.78 Å². The van der Waals surface area contributed by atoms with Crippen LogP contribution in [0.4, 0.5) is 0 Å². The van der Waals surface area contributed by atoms with Gasteiger partial charge in [0.25, 0.3) is 0 Å². The lowest BCUT2D eigenvalue weighted by atomic mass is 10.1. The average Bonchev–Trinajstić information content (AvgIpc) is 2.74. The second-order valence-electron chi connectivity index (χ2n) is 3.48. The van der Waals surface area contributed by atoms with Gasteiger partial charge in [-0.2, -0.15) is 5.10 Å². The van der Waals surface area contributed by atoms with E-state index in [0.29, 0.717) is 16.3 Å². The molecule has 2 rings (SSSR count). The number of halogens is 1. The molecule has 88 valence electrons. The van der Waals surface area contributed by atoms with Crippen molar-refractivity contribution in [2.45, 2.75) is 6.54 Å². The van der Waals surface area contributed by atoms with E-state index in [1.165, 1.54) is 18.0 Å². The van der Waals surface area contributed by atoms with Crippen LogP contribution in [0.15, 0.2) is 36.7 Å². The SMILES string of the molecule is COc1ccccc1C(=O)Cn1cc(Cl)cn1. The quantitative estimate of drug-likeness (QED) is 0.783. The third kappa shape index (κ3) is 2.65. The molecule has 0 atom stereocenters. The van der Waals surface area contributed by atoms with Gasteiger partial charge in [-0.3, -0.25) is 9.48 Å². The first-order chi connectivity index (χ1) is 8.20. The summed E-state index contributed by atoms with van der Waals surface area (Å²) in [5.41, 5.74) is 0.543. The van der Waals surface area contributed by atoms with Gasteiger partial charge in [-0.05, 0) is 12.1 Å². The lowest BCUT2D eigenvalue weighted by molar-refractivity contribution is 0.0965. The number of carbonyl (C=O) groups excluding carboxylic acids is 1. The molecular formula is C12H11ClN2O2. The molecule has 4 nitrogen and oxygen atoms in total. The Balaban J connectivity index is 2.20. The zero-order chi connectivity index (χ0) is 12.3. The third-order valence-electron chi connectivity index (χ3n) is 2.31. The standard InChI is InChI=1S/C12H11ClN2O2/c1-17-12-5-3-2-4-10(12)11(16)8-15-7-9(13)6-14-15/h2-7H,8H2,1H3. The van der Waals surface area contributed by atoms with Gasteiger partial charge in [0.15, 0.2) is 5.78 Å². The minimum absolute atomic E-state index is 0.0674. The van der Waals surface area contributed by atoms with Crippen LogP contribution in [0, 0.1) is 0 Å². The van der Waals surface area contributed by atoms with Gasteiger partial charge in [-0.1, -0.05) is 23.7 Å². The van der Waals surface area contributed by atoms with E-state index >= 15 is 0 Å². The number of methoxy groups -OCH3 is 1. The van der Waals surface area contributed by atoms with Crippen molar-refractivity contribution in [2.24, 2.45) is 0 Å². The van der Waals surface area contributed by atoms with E-state index in [4.69, 9.17) is 16.3 Å². The van der Waals surface area contributed by atoms with Gasteiger partial charge in [0.1, 0.15) is 12.3 Å². The first-order valence-corrected chi connectivity index (χ1v) is 5.42. The van der Waals surface area contributed by atoms with Crippen LogP contribution in [0.3, 0.4) is 0 Å². The Morgan fingerprint density at radius 2 is 2.24 bits per heavy atom. The van der Waals surface area contributed by atoms with Crippen molar-refractivity contribution in [3.63, 3.8) is 0 Å². The molecule has 0 amide bonds. The highest BCUT2D eigenvalue weighted by Crippen LogP contribution is 2.18. The number of nitrogens with zero attached hydrogens (tertiary/aromatic N) is 2. The number of hydrogen-bond donors (Lipinski definition) is 0. The molecular weight excluding hydrogens is 240 g/mol. The van der Waals surface area contributed by atoms with E-state index in [1.807, 2.05) is 6.07 Å². The molecule has 0 bridgehead atoms. The van der Waals surface area contributed by atoms with Crippen molar-refractivity contribution in [3.05, 3.63) is 47.2 Å². The molecule has 0 saturated heterocycles. The van der Waals surface area contributed by atoms with Gasteiger partial charge in [-0.15, -0.1) is 0 Å². The second kappa shape index (κ2) is 5.01. The molecule has 0 aliphatic carbocycles. The van der Waals surface area contributed by atoms with Crippen molar-refractivity contribution < 1.29 is 9.53 Å². The van der Waals surface area contributed by atoms with E-state index in [0.717, 1.165) is 0 Å². The van der Waals surface area contributed by atoms with Gasteiger partial charge in [0.2, 0.25) is 0 Å². The fraction of sp³-hybridized carbons (Fsp3) is 0.167. The highest BCUT2D eigenvalue weighted by atomic mass is 35.5. The summed E-state index contributed by atoms with van der Waals surface area (Å²) in [6.45, 7) is 0.146. The number of benzene rings is 1. The monoisotopic (exact) mass is 250 g/mol. The lowest BCUT2D eigenvalue weighted by Crippen LogP contribution is -2.11. The van der Waals surface area contributed by atoms with E-state index in [9.17, 15) is 4.79 Å². The fourth-order valence-corrected chi connectivity index (χ4v) is 1.69. The van der Waals surface area contributed by atoms with E-state index in [1.54, 1.807) is 24.4 Å². The average molecular weight is 251 g/mol. The van der Waals surface area contributed by atoms with Gasteiger partial charge in [0.05, 0.1) is 23.9 Å². The third-order valence-corrected chi connectivity index (χ3v) is 2.51. The van der Waals surface area contributed by atoms with Crippen LogP contribution in [0.2, 0.25) is 5.02 Å². The summed E-state index contributed by atoms with van der Waals surface area (Å²) in [5, 5.41) is 4.47. The first kappa shape index (κ1) is 11.7. The van der Waals surface area contributed by atoms with E-state index < -0.39 is 0 Å². The normalized spacial score (nSPS) is 10.2. The molecule has 2 aromatic rings. The molecule has 0 unspecified atom stereocenters. The summed E-state index contributed by atoms with van der Waals surface area (Å²) in [5.74, 6) is 0.498. The number of para-hydroxylation sites is 1. The molecule has 0 radical (unpaired) electrons. The van der Waals surface area contributed by atoms with Crippen LogP contribution in [0.5, 0.6) is 5.75 Å². The predicted molar refractivity (Wildman–Crippen MR) is 64.6 cm³/mol. The van der Waals surface area contributed by atoms with Gasteiger partial charge < -0.3 is 4.74 Å². The van der Waals surface area contributed by atoms with Gasteiger partial charge in [-0.25, -0.2) is 0 Å². The number of ether oxygens (including phenoxy) is 1. The molecule has 0 fully saturated rings. The van der Waals surface area contributed by atoms with Crippen LogP contribution in [-0.4, -0.2) is 22.7 Å². The smallest absolute Gasteiger partial charge is 0.187 e. The minimum Gasteiger partial charge on any atom is -0.496 e. The van der Waals surface area contributed by atoms with Gasteiger partial charge >= 0.3 is 0 Å². The molecule has 1 heterocycles. The maximum atomic E-state index is 12.0. The largest absolute Gasteiger partial charge is 0.496 e. The Labute approximate surface area is 104 Å².